The Balaban J connectivity index is 2.07. The minimum absolute atomic E-state index is 0.0779. The Morgan fingerprint density at radius 2 is 1.50 bits per heavy atom. The van der Waals surface area contributed by atoms with Crippen LogP contribution >= 0.6 is 0 Å². The number of carbonyl (C=O) groups is 1. The van der Waals surface area contributed by atoms with E-state index in [1.165, 1.54) is 6.92 Å². The summed E-state index contributed by atoms with van der Waals surface area (Å²) in [5.41, 5.74) is 3.52. The average molecular weight is 262 g/mol. The zero-order valence-corrected chi connectivity index (χ0v) is 11.1. The van der Waals surface area contributed by atoms with Crippen LogP contribution in [-0.2, 0) is 4.79 Å². The van der Waals surface area contributed by atoms with E-state index in [2.05, 4.69) is 11.4 Å². The molecule has 0 radical (unpaired) electrons. The second-order valence-electron chi connectivity index (χ2n) is 4.37. The standard InChI is InChI=1S/C17H14N2O/c1-13(20)19-17-10-8-15(9-11-17)3-2-14-4-6-16(12-18)7-5-14/h2-11H,1H3,(H,19,20)/b3-2+. The molecule has 0 spiro atoms. The van der Waals surface area contributed by atoms with Gasteiger partial charge in [-0.15, -0.1) is 0 Å². The monoisotopic (exact) mass is 262 g/mol. The van der Waals surface area contributed by atoms with E-state index < -0.39 is 0 Å². The van der Waals surface area contributed by atoms with Gasteiger partial charge in [-0.1, -0.05) is 36.4 Å². The molecule has 0 saturated heterocycles. The number of hydrogen-bond donors (Lipinski definition) is 1. The summed E-state index contributed by atoms with van der Waals surface area (Å²) >= 11 is 0. The van der Waals surface area contributed by atoms with Crippen molar-refractivity contribution in [2.75, 3.05) is 5.32 Å². The van der Waals surface area contributed by atoms with Crippen molar-refractivity contribution in [1.82, 2.24) is 0 Å². The number of nitrogens with one attached hydrogen (secondary N) is 1. The summed E-state index contributed by atoms with van der Waals surface area (Å²) in [5.74, 6) is -0.0779. The lowest BCUT2D eigenvalue weighted by Crippen LogP contribution is -2.05. The maximum atomic E-state index is 10.9. The van der Waals surface area contributed by atoms with Crippen LogP contribution < -0.4 is 5.32 Å². The largest absolute Gasteiger partial charge is 0.326 e. The van der Waals surface area contributed by atoms with Crippen molar-refractivity contribution in [3.63, 3.8) is 0 Å². The van der Waals surface area contributed by atoms with Crippen molar-refractivity contribution >= 4 is 23.7 Å². The number of benzene rings is 2. The van der Waals surface area contributed by atoms with Gasteiger partial charge in [0.05, 0.1) is 11.6 Å². The number of carbonyl (C=O) groups excluding carboxylic acids is 1. The van der Waals surface area contributed by atoms with Crippen molar-refractivity contribution in [3.8, 4) is 6.07 Å². The van der Waals surface area contributed by atoms with Gasteiger partial charge in [0.15, 0.2) is 0 Å². The summed E-state index contributed by atoms with van der Waals surface area (Å²) in [6, 6.07) is 17.1. The molecule has 3 heteroatoms. The van der Waals surface area contributed by atoms with Crippen molar-refractivity contribution in [3.05, 3.63) is 65.2 Å². The summed E-state index contributed by atoms with van der Waals surface area (Å²) in [4.78, 5) is 10.9. The summed E-state index contributed by atoms with van der Waals surface area (Å²) < 4.78 is 0. The predicted octanol–water partition coefficient (Wildman–Crippen LogP) is 3.69. The fraction of sp³-hybridized carbons (Fsp3) is 0.0588. The lowest BCUT2D eigenvalue weighted by Gasteiger charge is -2.01. The zero-order valence-electron chi connectivity index (χ0n) is 11.1. The normalized spacial score (nSPS) is 10.2. The van der Waals surface area contributed by atoms with Crippen LogP contribution in [0.4, 0.5) is 5.69 Å². The lowest BCUT2D eigenvalue weighted by molar-refractivity contribution is -0.114. The van der Waals surface area contributed by atoms with E-state index in [1.807, 2.05) is 48.6 Å². The first-order valence-electron chi connectivity index (χ1n) is 6.23. The third kappa shape index (κ3) is 3.82. The fourth-order valence-electron chi connectivity index (χ4n) is 1.74. The first-order chi connectivity index (χ1) is 9.67. The van der Waals surface area contributed by atoms with Gasteiger partial charge < -0.3 is 5.32 Å². The van der Waals surface area contributed by atoms with E-state index in [1.54, 1.807) is 12.1 Å². The molecule has 0 bridgehead atoms. The van der Waals surface area contributed by atoms with Gasteiger partial charge in [-0.05, 0) is 35.4 Å². The summed E-state index contributed by atoms with van der Waals surface area (Å²) in [6.45, 7) is 1.48. The smallest absolute Gasteiger partial charge is 0.221 e. The molecule has 3 nitrogen and oxygen atoms in total. The highest BCUT2D eigenvalue weighted by molar-refractivity contribution is 5.88. The maximum Gasteiger partial charge on any atom is 0.221 e. The molecule has 1 N–H and O–H groups in total. The van der Waals surface area contributed by atoms with E-state index in [9.17, 15) is 4.79 Å². The van der Waals surface area contributed by atoms with Gasteiger partial charge in [0.2, 0.25) is 5.91 Å². The van der Waals surface area contributed by atoms with E-state index in [0.29, 0.717) is 5.56 Å². The van der Waals surface area contributed by atoms with Crippen molar-refractivity contribution in [1.29, 1.82) is 5.26 Å². The number of hydrogen-bond acceptors (Lipinski definition) is 2. The molecular formula is C17H14N2O. The van der Waals surface area contributed by atoms with E-state index >= 15 is 0 Å². The van der Waals surface area contributed by atoms with Crippen LogP contribution in [0.1, 0.15) is 23.6 Å². The minimum atomic E-state index is -0.0779. The highest BCUT2D eigenvalue weighted by Crippen LogP contribution is 2.13. The van der Waals surface area contributed by atoms with Gasteiger partial charge in [0.1, 0.15) is 0 Å². The molecule has 20 heavy (non-hydrogen) atoms. The van der Waals surface area contributed by atoms with Gasteiger partial charge in [0, 0.05) is 12.6 Å². The second kappa shape index (κ2) is 6.35. The number of nitriles is 1. The molecule has 0 atom stereocenters. The van der Waals surface area contributed by atoms with Gasteiger partial charge in [-0.3, -0.25) is 4.79 Å². The molecule has 0 fully saturated rings. The molecule has 98 valence electrons. The predicted molar refractivity (Wildman–Crippen MR) is 80.8 cm³/mol. The lowest BCUT2D eigenvalue weighted by atomic mass is 10.1. The third-order valence-electron chi connectivity index (χ3n) is 2.74. The number of amides is 1. The van der Waals surface area contributed by atoms with E-state index in [0.717, 1.165) is 16.8 Å². The third-order valence-corrected chi connectivity index (χ3v) is 2.74. The highest BCUT2D eigenvalue weighted by Gasteiger charge is 1.94. The number of rotatable bonds is 3. The van der Waals surface area contributed by atoms with Crippen molar-refractivity contribution in [2.45, 2.75) is 6.92 Å². The van der Waals surface area contributed by atoms with Crippen molar-refractivity contribution < 1.29 is 4.79 Å². The minimum Gasteiger partial charge on any atom is -0.326 e. The average Bonchev–Trinajstić information content (AvgIpc) is 2.46. The molecule has 2 aromatic carbocycles. The van der Waals surface area contributed by atoms with E-state index in [-0.39, 0.29) is 5.91 Å². The Labute approximate surface area is 118 Å². The summed E-state index contributed by atoms with van der Waals surface area (Å²) in [7, 11) is 0. The quantitative estimate of drug-likeness (QED) is 0.858. The van der Waals surface area contributed by atoms with Crippen LogP contribution in [0, 0.1) is 11.3 Å². The molecule has 1 amide bonds. The Kier molecular flexibility index (Phi) is 4.31. The van der Waals surface area contributed by atoms with Crippen LogP contribution in [0.5, 0.6) is 0 Å². The maximum absolute atomic E-state index is 10.9. The molecular weight excluding hydrogens is 248 g/mol. The van der Waals surface area contributed by atoms with Crippen LogP contribution in [-0.4, -0.2) is 5.91 Å². The molecule has 0 aliphatic heterocycles. The van der Waals surface area contributed by atoms with Gasteiger partial charge in [-0.2, -0.15) is 5.26 Å². The molecule has 0 saturated carbocycles. The Hall–Kier alpha value is -2.86. The topological polar surface area (TPSA) is 52.9 Å². The molecule has 0 aliphatic carbocycles. The first kappa shape index (κ1) is 13.6. The zero-order chi connectivity index (χ0) is 14.4. The molecule has 0 heterocycles. The molecule has 0 unspecified atom stereocenters. The first-order valence-corrected chi connectivity index (χ1v) is 6.23. The van der Waals surface area contributed by atoms with Gasteiger partial charge in [0.25, 0.3) is 0 Å². The second-order valence-corrected chi connectivity index (χ2v) is 4.37. The van der Waals surface area contributed by atoms with Crippen molar-refractivity contribution in [2.24, 2.45) is 0 Å². The van der Waals surface area contributed by atoms with E-state index in [4.69, 9.17) is 5.26 Å². The number of nitrogens with zero attached hydrogens (tertiary/aromatic N) is 1. The molecule has 2 rings (SSSR count). The molecule has 0 aliphatic rings. The molecule has 2 aromatic rings. The Morgan fingerprint density at radius 3 is 1.95 bits per heavy atom. The van der Waals surface area contributed by atoms with Crippen LogP contribution in [0.15, 0.2) is 48.5 Å². The van der Waals surface area contributed by atoms with Crippen LogP contribution in [0.3, 0.4) is 0 Å². The fourth-order valence-corrected chi connectivity index (χ4v) is 1.74. The Morgan fingerprint density at radius 1 is 1.00 bits per heavy atom. The summed E-state index contributed by atoms with van der Waals surface area (Å²) in [5, 5.41) is 11.5. The van der Waals surface area contributed by atoms with Crippen LogP contribution in [0.25, 0.3) is 12.2 Å². The van der Waals surface area contributed by atoms with Gasteiger partial charge >= 0.3 is 0 Å². The Bertz CT molecular complexity index is 662. The van der Waals surface area contributed by atoms with Crippen LogP contribution in [0.2, 0.25) is 0 Å². The summed E-state index contributed by atoms with van der Waals surface area (Å²) in [6.07, 6.45) is 3.97. The SMILES string of the molecule is CC(=O)Nc1ccc(/C=C/c2ccc(C#N)cc2)cc1. The van der Waals surface area contributed by atoms with Gasteiger partial charge in [-0.25, -0.2) is 0 Å². The molecule has 0 aromatic heterocycles. The highest BCUT2D eigenvalue weighted by atomic mass is 16.1. The number of anilines is 1.